The highest BCUT2D eigenvalue weighted by Crippen LogP contribution is 2.25. The van der Waals surface area contributed by atoms with Gasteiger partial charge in [-0.25, -0.2) is 9.18 Å². The second-order valence-electron chi connectivity index (χ2n) is 9.01. The van der Waals surface area contributed by atoms with Crippen molar-refractivity contribution in [1.82, 2.24) is 4.90 Å². The first-order valence-corrected chi connectivity index (χ1v) is 12.0. The Labute approximate surface area is 205 Å². The van der Waals surface area contributed by atoms with Crippen LogP contribution in [0.15, 0.2) is 72.8 Å². The van der Waals surface area contributed by atoms with Crippen LogP contribution in [0, 0.1) is 11.7 Å². The zero-order valence-electron chi connectivity index (χ0n) is 19.7. The molecule has 1 aliphatic rings. The van der Waals surface area contributed by atoms with E-state index >= 15 is 0 Å². The molecule has 1 fully saturated rings. The number of primary amides is 1. The van der Waals surface area contributed by atoms with Crippen molar-refractivity contribution in [2.75, 3.05) is 30.3 Å². The van der Waals surface area contributed by atoms with Crippen molar-refractivity contribution in [1.29, 1.82) is 0 Å². The SMILES string of the molecule is NC(=O)c1cccc(NC(=O)Nc2ccccc2)c1CCN1CCC(Cc2ccc(F)cc2)CC1. The first-order chi connectivity index (χ1) is 17.0. The predicted molar refractivity (Wildman–Crippen MR) is 137 cm³/mol. The number of rotatable bonds is 8. The van der Waals surface area contributed by atoms with Gasteiger partial charge in [-0.05, 0) is 92.2 Å². The molecular weight excluding hydrogens is 443 g/mol. The quantitative estimate of drug-likeness (QED) is 0.426. The van der Waals surface area contributed by atoms with Crippen LogP contribution >= 0.6 is 0 Å². The summed E-state index contributed by atoms with van der Waals surface area (Å²) in [6, 6.07) is 20.8. The Bertz CT molecular complexity index is 1140. The van der Waals surface area contributed by atoms with Crippen LogP contribution in [0.2, 0.25) is 0 Å². The topological polar surface area (TPSA) is 87.5 Å². The number of carbonyl (C=O) groups excluding carboxylic acids is 2. The minimum Gasteiger partial charge on any atom is -0.366 e. The molecule has 1 aliphatic heterocycles. The molecular formula is C28H31FN4O2. The molecule has 3 aromatic rings. The Hall–Kier alpha value is -3.71. The van der Waals surface area contributed by atoms with Crippen LogP contribution in [-0.4, -0.2) is 36.5 Å². The second kappa shape index (κ2) is 11.6. The van der Waals surface area contributed by atoms with Crippen LogP contribution in [0.3, 0.4) is 0 Å². The number of piperidine rings is 1. The van der Waals surface area contributed by atoms with Gasteiger partial charge >= 0.3 is 6.03 Å². The van der Waals surface area contributed by atoms with Crippen molar-refractivity contribution in [2.24, 2.45) is 11.7 Å². The highest BCUT2D eigenvalue weighted by molar-refractivity contribution is 6.02. The van der Waals surface area contributed by atoms with E-state index in [1.165, 1.54) is 17.7 Å². The molecule has 0 radical (unpaired) electrons. The van der Waals surface area contributed by atoms with E-state index in [0.29, 0.717) is 29.3 Å². The van der Waals surface area contributed by atoms with Crippen molar-refractivity contribution < 1.29 is 14.0 Å². The summed E-state index contributed by atoms with van der Waals surface area (Å²) in [6.45, 7) is 2.69. The molecule has 3 amide bonds. The summed E-state index contributed by atoms with van der Waals surface area (Å²) in [5.41, 5.74) is 9.25. The number of hydrogen-bond acceptors (Lipinski definition) is 3. The fourth-order valence-electron chi connectivity index (χ4n) is 4.65. The molecule has 0 aliphatic carbocycles. The number of carbonyl (C=O) groups is 2. The number of para-hydroxylation sites is 1. The van der Waals surface area contributed by atoms with Crippen molar-refractivity contribution in [3.63, 3.8) is 0 Å². The third-order valence-corrected chi connectivity index (χ3v) is 6.54. The molecule has 0 aromatic heterocycles. The Balaban J connectivity index is 1.35. The van der Waals surface area contributed by atoms with Crippen LogP contribution < -0.4 is 16.4 Å². The van der Waals surface area contributed by atoms with Crippen LogP contribution in [0.1, 0.15) is 34.3 Å². The Morgan fingerprint density at radius 2 is 1.63 bits per heavy atom. The molecule has 6 nitrogen and oxygen atoms in total. The second-order valence-corrected chi connectivity index (χ2v) is 9.01. The molecule has 35 heavy (non-hydrogen) atoms. The summed E-state index contributed by atoms with van der Waals surface area (Å²) in [4.78, 5) is 27.0. The standard InChI is InChI=1S/C28H31FN4O2/c29-22-11-9-20(10-12-22)19-21-13-16-33(17-14-21)18-15-24-25(27(30)34)7-4-8-26(24)32-28(35)31-23-5-2-1-3-6-23/h1-12,21H,13-19H2,(H2,30,34)(H2,31,32,35). The average molecular weight is 475 g/mol. The van der Waals surface area contributed by atoms with E-state index in [-0.39, 0.29) is 11.8 Å². The zero-order valence-corrected chi connectivity index (χ0v) is 19.7. The first-order valence-electron chi connectivity index (χ1n) is 12.0. The number of amides is 3. The number of likely N-dealkylation sites (tertiary alicyclic amines) is 1. The van der Waals surface area contributed by atoms with Crippen molar-refractivity contribution in [3.8, 4) is 0 Å². The lowest BCUT2D eigenvalue weighted by Gasteiger charge is -2.32. The molecule has 0 spiro atoms. The summed E-state index contributed by atoms with van der Waals surface area (Å²) in [5, 5.41) is 5.68. The van der Waals surface area contributed by atoms with E-state index in [2.05, 4.69) is 15.5 Å². The number of hydrogen-bond donors (Lipinski definition) is 3. The molecule has 4 rings (SSSR count). The minimum atomic E-state index is -0.509. The maximum atomic E-state index is 13.2. The van der Waals surface area contributed by atoms with E-state index in [1.54, 1.807) is 30.3 Å². The molecule has 1 saturated heterocycles. The molecule has 1 heterocycles. The highest BCUT2D eigenvalue weighted by atomic mass is 19.1. The fraction of sp³-hybridized carbons (Fsp3) is 0.286. The van der Waals surface area contributed by atoms with Crippen LogP contribution in [-0.2, 0) is 12.8 Å². The third kappa shape index (κ3) is 6.90. The Morgan fingerprint density at radius 1 is 0.914 bits per heavy atom. The average Bonchev–Trinajstić information content (AvgIpc) is 2.86. The maximum absolute atomic E-state index is 13.2. The van der Waals surface area contributed by atoms with Crippen LogP contribution in [0.25, 0.3) is 0 Å². The lowest BCUT2D eigenvalue weighted by molar-refractivity contribution is 0.0999. The highest BCUT2D eigenvalue weighted by Gasteiger charge is 2.21. The minimum absolute atomic E-state index is 0.203. The van der Waals surface area contributed by atoms with Crippen molar-refractivity contribution >= 4 is 23.3 Å². The van der Waals surface area contributed by atoms with E-state index in [9.17, 15) is 14.0 Å². The van der Waals surface area contributed by atoms with Gasteiger partial charge in [0.25, 0.3) is 0 Å². The molecule has 182 valence electrons. The number of nitrogens with two attached hydrogens (primary N) is 1. The van der Waals surface area contributed by atoms with E-state index in [4.69, 9.17) is 5.73 Å². The van der Waals surface area contributed by atoms with Crippen molar-refractivity contribution in [3.05, 3.63) is 95.3 Å². The molecule has 3 aromatic carbocycles. The van der Waals surface area contributed by atoms with Gasteiger partial charge in [0.05, 0.1) is 0 Å². The number of anilines is 2. The van der Waals surface area contributed by atoms with Crippen molar-refractivity contribution in [2.45, 2.75) is 25.7 Å². The largest absolute Gasteiger partial charge is 0.366 e. The first kappa shape index (κ1) is 24.4. The molecule has 0 bridgehead atoms. The third-order valence-electron chi connectivity index (χ3n) is 6.54. The summed E-state index contributed by atoms with van der Waals surface area (Å²) in [7, 11) is 0. The summed E-state index contributed by atoms with van der Waals surface area (Å²) >= 11 is 0. The van der Waals surface area contributed by atoms with E-state index < -0.39 is 5.91 Å². The maximum Gasteiger partial charge on any atom is 0.323 e. The van der Waals surface area contributed by atoms with E-state index in [0.717, 1.165) is 44.5 Å². The van der Waals surface area contributed by atoms with Crippen LogP contribution in [0.4, 0.5) is 20.6 Å². The van der Waals surface area contributed by atoms with Gasteiger partial charge in [-0.3, -0.25) is 4.79 Å². The number of urea groups is 1. The Morgan fingerprint density at radius 3 is 2.31 bits per heavy atom. The number of benzene rings is 3. The predicted octanol–water partition coefficient (Wildman–Crippen LogP) is 5.07. The molecule has 0 saturated carbocycles. The van der Waals surface area contributed by atoms with E-state index in [1.807, 2.05) is 30.3 Å². The number of nitrogens with one attached hydrogen (secondary N) is 2. The monoisotopic (exact) mass is 474 g/mol. The lowest BCUT2D eigenvalue weighted by Crippen LogP contribution is -2.36. The van der Waals surface area contributed by atoms with Gasteiger partial charge in [0.15, 0.2) is 0 Å². The summed E-state index contributed by atoms with van der Waals surface area (Å²) < 4.78 is 13.2. The van der Waals surface area contributed by atoms with Gasteiger partial charge < -0.3 is 21.3 Å². The van der Waals surface area contributed by atoms with Gasteiger partial charge in [0.2, 0.25) is 5.91 Å². The fourth-order valence-corrected chi connectivity index (χ4v) is 4.65. The molecule has 0 atom stereocenters. The zero-order chi connectivity index (χ0) is 24.6. The normalized spacial score (nSPS) is 14.4. The van der Waals surface area contributed by atoms with Crippen LogP contribution in [0.5, 0.6) is 0 Å². The lowest BCUT2D eigenvalue weighted by atomic mass is 9.90. The van der Waals surface area contributed by atoms with Gasteiger partial charge in [-0.1, -0.05) is 36.4 Å². The molecule has 7 heteroatoms. The summed E-state index contributed by atoms with van der Waals surface area (Å²) in [6.07, 6.45) is 3.70. The Kier molecular flexibility index (Phi) is 8.11. The summed E-state index contributed by atoms with van der Waals surface area (Å²) in [5.74, 6) is -0.134. The smallest absolute Gasteiger partial charge is 0.323 e. The number of halogens is 1. The van der Waals surface area contributed by atoms with Gasteiger partial charge in [-0.15, -0.1) is 0 Å². The number of nitrogens with zero attached hydrogens (tertiary/aromatic N) is 1. The molecule has 0 unspecified atom stereocenters. The van der Waals surface area contributed by atoms with Gasteiger partial charge in [0.1, 0.15) is 5.82 Å². The van der Waals surface area contributed by atoms with Gasteiger partial charge in [0, 0.05) is 23.5 Å². The molecule has 4 N–H and O–H groups in total. The van der Waals surface area contributed by atoms with Gasteiger partial charge in [-0.2, -0.15) is 0 Å².